The smallest absolute Gasteiger partial charge is 0.157 e. The number of pyridine rings is 1. The molecule has 18 heavy (non-hydrogen) atoms. The molecule has 3 heterocycles. The fourth-order valence-electron chi connectivity index (χ4n) is 2.60. The Hall–Kier alpha value is -1.13. The van der Waals surface area contributed by atoms with Gasteiger partial charge in [0.1, 0.15) is 0 Å². The van der Waals surface area contributed by atoms with Crippen LogP contribution in [0.25, 0.3) is 5.65 Å². The molecule has 2 aromatic rings. The van der Waals surface area contributed by atoms with Crippen LogP contribution in [0.4, 0.5) is 0 Å². The highest BCUT2D eigenvalue weighted by molar-refractivity contribution is 6.30. The van der Waals surface area contributed by atoms with Crippen LogP contribution in [0.5, 0.6) is 0 Å². The standard InChI is InChI=1S/C13H17ClN4/c1-17-6-3-2-4-11(17)9-12-15-13-8-10(14)5-7-18(13)16-12/h5,7-8,11H,2-4,6,9H2,1H3. The van der Waals surface area contributed by atoms with Gasteiger partial charge in [-0.3, -0.25) is 0 Å². The molecule has 0 bridgehead atoms. The maximum absolute atomic E-state index is 5.95. The van der Waals surface area contributed by atoms with Gasteiger partial charge >= 0.3 is 0 Å². The lowest BCUT2D eigenvalue weighted by molar-refractivity contribution is 0.182. The molecule has 2 aromatic heterocycles. The van der Waals surface area contributed by atoms with E-state index in [4.69, 9.17) is 11.6 Å². The van der Waals surface area contributed by atoms with Gasteiger partial charge in [0.2, 0.25) is 0 Å². The summed E-state index contributed by atoms with van der Waals surface area (Å²) < 4.78 is 1.80. The Morgan fingerprint density at radius 3 is 3.17 bits per heavy atom. The Morgan fingerprint density at radius 2 is 2.33 bits per heavy atom. The zero-order chi connectivity index (χ0) is 12.5. The van der Waals surface area contributed by atoms with Crippen LogP contribution in [-0.4, -0.2) is 39.1 Å². The summed E-state index contributed by atoms with van der Waals surface area (Å²) in [5.74, 6) is 0.913. The predicted octanol–water partition coefficient (Wildman–Crippen LogP) is 2.41. The largest absolute Gasteiger partial charge is 0.303 e. The second-order valence-electron chi connectivity index (χ2n) is 5.01. The summed E-state index contributed by atoms with van der Waals surface area (Å²) in [6.45, 7) is 1.18. The third-order valence-electron chi connectivity index (χ3n) is 3.68. The van der Waals surface area contributed by atoms with Crippen molar-refractivity contribution >= 4 is 17.2 Å². The first-order valence-corrected chi connectivity index (χ1v) is 6.81. The van der Waals surface area contributed by atoms with Crippen molar-refractivity contribution in [2.45, 2.75) is 31.7 Å². The van der Waals surface area contributed by atoms with E-state index in [9.17, 15) is 0 Å². The van der Waals surface area contributed by atoms with E-state index in [0.717, 1.165) is 17.9 Å². The first kappa shape index (κ1) is 11.9. The number of fused-ring (bicyclic) bond motifs is 1. The summed E-state index contributed by atoms with van der Waals surface area (Å²) in [6.07, 6.45) is 6.65. The molecule has 5 heteroatoms. The molecular formula is C13H17ClN4. The number of rotatable bonds is 2. The maximum Gasteiger partial charge on any atom is 0.157 e. The Kier molecular flexibility index (Phi) is 3.22. The SMILES string of the molecule is CN1CCCCC1Cc1nc2cc(Cl)ccn2n1. The van der Waals surface area contributed by atoms with Crippen LogP contribution in [0, 0.1) is 0 Å². The molecule has 1 fully saturated rings. The van der Waals surface area contributed by atoms with Crippen molar-refractivity contribution in [1.29, 1.82) is 0 Å². The lowest BCUT2D eigenvalue weighted by atomic mass is 10.00. The molecule has 0 aliphatic carbocycles. The normalized spacial score (nSPS) is 21.6. The molecule has 0 radical (unpaired) electrons. The van der Waals surface area contributed by atoms with Crippen molar-refractivity contribution in [3.63, 3.8) is 0 Å². The van der Waals surface area contributed by atoms with Crippen molar-refractivity contribution < 1.29 is 0 Å². The molecule has 0 aromatic carbocycles. The lowest BCUT2D eigenvalue weighted by Gasteiger charge is -2.31. The molecule has 0 amide bonds. The summed E-state index contributed by atoms with van der Waals surface area (Å²) in [5, 5.41) is 5.21. The summed E-state index contributed by atoms with van der Waals surface area (Å²) in [7, 11) is 2.19. The molecule has 0 saturated carbocycles. The van der Waals surface area contributed by atoms with Gasteiger partial charge in [0.05, 0.1) is 0 Å². The van der Waals surface area contributed by atoms with Gasteiger partial charge in [-0.15, -0.1) is 0 Å². The number of hydrogen-bond acceptors (Lipinski definition) is 3. The minimum Gasteiger partial charge on any atom is -0.303 e. The van der Waals surface area contributed by atoms with Gasteiger partial charge in [-0.05, 0) is 32.5 Å². The second kappa shape index (κ2) is 4.86. The fourth-order valence-corrected chi connectivity index (χ4v) is 2.76. The molecule has 1 atom stereocenters. The monoisotopic (exact) mass is 264 g/mol. The fraction of sp³-hybridized carbons (Fsp3) is 0.538. The Morgan fingerprint density at radius 1 is 1.44 bits per heavy atom. The van der Waals surface area contributed by atoms with Gasteiger partial charge in [0, 0.05) is 29.7 Å². The molecule has 1 unspecified atom stereocenters. The Balaban J connectivity index is 1.81. The van der Waals surface area contributed by atoms with E-state index in [1.807, 2.05) is 18.3 Å². The van der Waals surface area contributed by atoms with Crippen LogP contribution < -0.4 is 0 Å². The van der Waals surface area contributed by atoms with Gasteiger partial charge in [-0.25, -0.2) is 9.50 Å². The number of halogens is 1. The van der Waals surface area contributed by atoms with Crippen molar-refractivity contribution in [3.8, 4) is 0 Å². The van der Waals surface area contributed by atoms with Gasteiger partial charge in [-0.2, -0.15) is 5.10 Å². The van der Waals surface area contributed by atoms with E-state index in [1.54, 1.807) is 4.52 Å². The summed E-state index contributed by atoms with van der Waals surface area (Å²) in [6, 6.07) is 4.26. The van der Waals surface area contributed by atoms with Crippen LogP contribution in [0.15, 0.2) is 18.3 Å². The number of hydrogen-bond donors (Lipinski definition) is 0. The topological polar surface area (TPSA) is 33.4 Å². The summed E-state index contributed by atoms with van der Waals surface area (Å²) >= 11 is 5.95. The van der Waals surface area contributed by atoms with E-state index in [0.29, 0.717) is 11.1 Å². The number of likely N-dealkylation sites (tertiary alicyclic amines) is 1. The van der Waals surface area contributed by atoms with Crippen molar-refractivity contribution in [1.82, 2.24) is 19.5 Å². The second-order valence-corrected chi connectivity index (χ2v) is 5.45. The maximum atomic E-state index is 5.95. The van der Waals surface area contributed by atoms with Gasteiger partial charge < -0.3 is 4.90 Å². The highest BCUT2D eigenvalue weighted by Gasteiger charge is 2.20. The molecule has 3 rings (SSSR count). The average molecular weight is 265 g/mol. The summed E-state index contributed by atoms with van der Waals surface area (Å²) in [5.41, 5.74) is 0.830. The van der Waals surface area contributed by atoms with Crippen molar-refractivity contribution in [2.75, 3.05) is 13.6 Å². The first-order valence-electron chi connectivity index (χ1n) is 6.43. The number of likely N-dealkylation sites (N-methyl/N-ethyl adjacent to an activating group) is 1. The molecule has 1 saturated heterocycles. The molecule has 1 aliphatic rings. The van der Waals surface area contributed by atoms with Crippen molar-refractivity contribution in [3.05, 3.63) is 29.2 Å². The zero-order valence-electron chi connectivity index (χ0n) is 10.5. The van der Waals surface area contributed by atoms with Crippen LogP contribution >= 0.6 is 11.6 Å². The van der Waals surface area contributed by atoms with Gasteiger partial charge in [0.15, 0.2) is 11.5 Å². The highest BCUT2D eigenvalue weighted by atomic mass is 35.5. The molecule has 4 nitrogen and oxygen atoms in total. The lowest BCUT2D eigenvalue weighted by Crippen LogP contribution is -2.37. The van der Waals surface area contributed by atoms with Crippen LogP contribution in [0.2, 0.25) is 5.02 Å². The number of piperidine rings is 1. The quantitative estimate of drug-likeness (QED) is 0.835. The van der Waals surface area contributed by atoms with E-state index >= 15 is 0 Å². The van der Waals surface area contributed by atoms with Crippen LogP contribution in [-0.2, 0) is 6.42 Å². The molecule has 0 N–H and O–H groups in total. The van der Waals surface area contributed by atoms with E-state index < -0.39 is 0 Å². The molecular weight excluding hydrogens is 248 g/mol. The molecule has 0 spiro atoms. The van der Waals surface area contributed by atoms with Crippen LogP contribution in [0.1, 0.15) is 25.1 Å². The van der Waals surface area contributed by atoms with E-state index in [-0.39, 0.29) is 0 Å². The molecule has 1 aliphatic heterocycles. The van der Waals surface area contributed by atoms with Crippen LogP contribution in [0.3, 0.4) is 0 Å². The Labute approximate surface area is 112 Å². The van der Waals surface area contributed by atoms with E-state index in [1.165, 1.54) is 25.8 Å². The zero-order valence-corrected chi connectivity index (χ0v) is 11.3. The molecule has 96 valence electrons. The highest BCUT2D eigenvalue weighted by Crippen LogP contribution is 2.18. The van der Waals surface area contributed by atoms with Gasteiger partial charge in [-0.1, -0.05) is 18.0 Å². The minimum atomic E-state index is 0.576. The number of nitrogens with zero attached hydrogens (tertiary/aromatic N) is 4. The third kappa shape index (κ3) is 2.35. The summed E-state index contributed by atoms with van der Waals surface area (Å²) in [4.78, 5) is 6.96. The predicted molar refractivity (Wildman–Crippen MR) is 72.0 cm³/mol. The number of aromatic nitrogens is 3. The first-order chi connectivity index (χ1) is 8.72. The average Bonchev–Trinajstić information content (AvgIpc) is 2.73. The minimum absolute atomic E-state index is 0.576. The van der Waals surface area contributed by atoms with E-state index in [2.05, 4.69) is 22.0 Å². The Bertz CT molecular complexity index is 551. The van der Waals surface area contributed by atoms with Crippen molar-refractivity contribution in [2.24, 2.45) is 0 Å². The van der Waals surface area contributed by atoms with Gasteiger partial charge in [0.25, 0.3) is 0 Å². The third-order valence-corrected chi connectivity index (χ3v) is 3.92.